The predicted molar refractivity (Wildman–Crippen MR) is 165 cm³/mol. The molecule has 2 fully saturated rings. The van der Waals surface area contributed by atoms with E-state index < -0.39 is 5.60 Å². The lowest BCUT2D eigenvalue weighted by atomic mass is 9.89. The first kappa shape index (κ1) is 29.5. The molecule has 2 saturated heterocycles. The van der Waals surface area contributed by atoms with Crippen LogP contribution in [0.2, 0.25) is 0 Å². The third-order valence-electron chi connectivity index (χ3n) is 7.96. The normalized spacial score (nSPS) is 19.3. The minimum absolute atomic E-state index is 0.202. The fraction of sp³-hybridized carbons (Fsp3) is 0.500. The van der Waals surface area contributed by atoms with Crippen LogP contribution in [-0.2, 0) is 4.74 Å². The lowest BCUT2D eigenvalue weighted by molar-refractivity contribution is 0.0309. The number of nitrogens with zero attached hydrogens (tertiary/aromatic N) is 4. The van der Waals surface area contributed by atoms with Crippen molar-refractivity contribution < 1.29 is 18.7 Å². The monoisotopic (exact) mass is 580 g/mol. The molecule has 2 aliphatic heterocycles. The number of ether oxygens (including phenoxy) is 2. The number of amides is 1. The molecule has 2 aliphatic rings. The van der Waals surface area contributed by atoms with Crippen molar-refractivity contribution in [3.8, 4) is 17.0 Å². The second kappa shape index (κ2) is 12.1. The quantitative estimate of drug-likeness (QED) is 0.300. The van der Waals surface area contributed by atoms with Crippen LogP contribution in [0.1, 0.15) is 27.2 Å². The lowest BCUT2D eigenvalue weighted by Crippen LogP contribution is -2.37. The number of pyridine rings is 1. The third-order valence-corrected chi connectivity index (χ3v) is 8.95. The molecule has 7 nitrogen and oxygen atoms in total. The van der Waals surface area contributed by atoms with Crippen molar-refractivity contribution in [3.05, 3.63) is 48.3 Å². The molecule has 0 saturated carbocycles. The Morgan fingerprint density at radius 1 is 1.12 bits per heavy atom. The number of anilines is 1. The van der Waals surface area contributed by atoms with Crippen molar-refractivity contribution in [2.24, 2.45) is 11.8 Å². The number of aromatic nitrogens is 1. The SMILES string of the molecule is COc1cc2nc(-c3ccc(SCCN(C)C(=O)OC(C)(C)C)cc3)cc(N3CC4CCN(C)CC4C3)c2cc1F. The zero-order valence-electron chi connectivity index (χ0n) is 24.9. The van der Waals surface area contributed by atoms with Crippen molar-refractivity contribution in [2.45, 2.75) is 37.7 Å². The molecule has 1 aromatic heterocycles. The van der Waals surface area contributed by atoms with Crippen molar-refractivity contribution in [3.63, 3.8) is 0 Å². The number of carbonyl (C=O) groups is 1. The third kappa shape index (κ3) is 6.89. The summed E-state index contributed by atoms with van der Waals surface area (Å²) in [6.07, 6.45) is 0.884. The number of thioether (sulfide) groups is 1. The van der Waals surface area contributed by atoms with E-state index in [9.17, 15) is 9.18 Å². The molecule has 5 rings (SSSR count). The first-order chi connectivity index (χ1) is 19.5. The van der Waals surface area contributed by atoms with E-state index in [0.29, 0.717) is 18.4 Å². The average molecular weight is 581 g/mol. The average Bonchev–Trinajstić information content (AvgIpc) is 3.34. The Kier molecular flexibility index (Phi) is 8.66. The number of methoxy groups -OCH3 is 1. The molecule has 41 heavy (non-hydrogen) atoms. The highest BCUT2D eigenvalue weighted by Gasteiger charge is 2.37. The van der Waals surface area contributed by atoms with E-state index in [2.05, 4.69) is 47.2 Å². The molecular formula is C32H41FN4O3S. The largest absolute Gasteiger partial charge is 0.494 e. The van der Waals surface area contributed by atoms with E-state index in [1.54, 1.807) is 35.8 Å². The lowest BCUT2D eigenvalue weighted by Gasteiger charge is -2.31. The number of halogens is 1. The van der Waals surface area contributed by atoms with E-state index in [4.69, 9.17) is 14.5 Å². The summed E-state index contributed by atoms with van der Waals surface area (Å²) in [5.41, 5.74) is 3.12. The van der Waals surface area contributed by atoms with Gasteiger partial charge in [0.15, 0.2) is 11.6 Å². The smallest absolute Gasteiger partial charge is 0.410 e. The summed E-state index contributed by atoms with van der Waals surface area (Å²) in [5, 5.41) is 0.820. The van der Waals surface area contributed by atoms with Gasteiger partial charge in [0.25, 0.3) is 0 Å². The molecule has 0 aliphatic carbocycles. The van der Waals surface area contributed by atoms with E-state index in [1.165, 1.54) is 13.5 Å². The Labute approximate surface area is 247 Å². The minimum atomic E-state index is -0.506. The number of rotatable bonds is 7. The van der Waals surface area contributed by atoms with Gasteiger partial charge in [-0.3, -0.25) is 0 Å². The van der Waals surface area contributed by atoms with Crippen LogP contribution < -0.4 is 9.64 Å². The second-order valence-electron chi connectivity index (χ2n) is 12.3. The van der Waals surface area contributed by atoms with Crippen LogP contribution in [0.3, 0.4) is 0 Å². The predicted octanol–water partition coefficient (Wildman–Crippen LogP) is 6.40. The van der Waals surface area contributed by atoms with Gasteiger partial charge in [-0.2, -0.15) is 0 Å². The van der Waals surface area contributed by atoms with Crippen LogP contribution in [0, 0.1) is 17.7 Å². The first-order valence-electron chi connectivity index (χ1n) is 14.3. The van der Waals surface area contributed by atoms with E-state index in [1.807, 2.05) is 20.8 Å². The van der Waals surface area contributed by atoms with Gasteiger partial charge < -0.3 is 24.2 Å². The highest BCUT2D eigenvalue weighted by molar-refractivity contribution is 7.99. The number of hydrogen-bond donors (Lipinski definition) is 0. The van der Waals surface area contributed by atoms with Gasteiger partial charge in [0, 0.05) is 66.6 Å². The van der Waals surface area contributed by atoms with Crippen molar-refractivity contribution in [1.29, 1.82) is 0 Å². The molecule has 0 radical (unpaired) electrons. The molecule has 0 N–H and O–H groups in total. The topological polar surface area (TPSA) is 58.1 Å². The first-order valence-corrected chi connectivity index (χ1v) is 15.3. The number of carbonyl (C=O) groups excluding carboxylic acids is 1. The fourth-order valence-electron chi connectivity index (χ4n) is 5.78. The van der Waals surface area contributed by atoms with Crippen LogP contribution in [0.4, 0.5) is 14.9 Å². The second-order valence-corrected chi connectivity index (χ2v) is 13.4. The van der Waals surface area contributed by atoms with E-state index >= 15 is 0 Å². The van der Waals surface area contributed by atoms with Crippen LogP contribution in [-0.4, -0.2) is 86.2 Å². The van der Waals surface area contributed by atoms with Gasteiger partial charge in [0.05, 0.1) is 18.3 Å². The Morgan fingerprint density at radius 2 is 1.85 bits per heavy atom. The number of likely N-dealkylation sites (tertiary alicyclic amines) is 1. The van der Waals surface area contributed by atoms with Crippen LogP contribution in [0.15, 0.2) is 47.4 Å². The Morgan fingerprint density at radius 3 is 2.56 bits per heavy atom. The number of hydrogen-bond acceptors (Lipinski definition) is 7. The van der Waals surface area contributed by atoms with Gasteiger partial charge in [0.2, 0.25) is 0 Å². The molecule has 2 unspecified atom stereocenters. The number of fused-ring (bicyclic) bond motifs is 2. The molecular weight excluding hydrogens is 539 g/mol. The van der Waals surface area contributed by atoms with Gasteiger partial charge in [0.1, 0.15) is 5.60 Å². The summed E-state index contributed by atoms with van der Waals surface area (Å²) in [5.74, 6) is 1.87. The summed E-state index contributed by atoms with van der Waals surface area (Å²) in [7, 11) is 5.44. The summed E-state index contributed by atoms with van der Waals surface area (Å²) in [6, 6.07) is 13.7. The van der Waals surface area contributed by atoms with Gasteiger partial charge >= 0.3 is 6.09 Å². The molecule has 1 amide bonds. The zero-order valence-corrected chi connectivity index (χ0v) is 25.8. The summed E-state index contributed by atoms with van der Waals surface area (Å²) >= 11 is 1.69. The van der Waals surface area contributed by atoms with Crippen LogP contribution in [0.25, 0.3) is 22.2 Å². The van der Waals surface area contributed by atoms with E-state index in [-0.39, 0.29) is 17.7 Å². The fourth-order valence-corrected chi connectivity index (χ4v) is 6.71. The number of benzene rings is 2. The molecule has 3 heterocycles. The van der Waals surface area contributed by atoms with Crippen molar-refractivity contribution >= 4 is 34.4 Å². The Bertz CT molecular complexity index is 1390. The van der Waals surface area contributed by atoms with Crippen LogP contribution >= 0.6 is 11.8 Å². The summed E-state index contributed by atoms with van der Waals surface area (Å²) in [4.78, 5) is 24.7. The molecule has 220 valence electrons. The highest BCUT2D eigenvalue weighted by atomic mass is 32.2. The van der Waals surface area contributed by atoms with E-state index in [0.717, 1.165) is 64.7 Å². The number of piperidine rings is 1. The maximum atomic E-state index is 14.9. The van der Waals surface area contributed by atoms with Gasteiger partial charge in [-0.1, -0.05) is 12.1 Å². The van der Waals surface area contributed by atoms with Crippen molar-refractivity contribution in [1.82, 2.24) is 14.8 Å². The molecule has 3 aromatic rings. The summed E-state index contributed by atoms with van der Waals surface area (Å²) in [6.45, 7) is 10.4. The molecule has 0 spiro atoms. The molecule has 9 heteroatoms. The highest BCUT2D eigenvalue weighted by Crippen LogP contribution is 2.39. The molecule has 2 atom stereocenters. The van der Waals surface area contributed by atoms with Gasteiger partial charge in [-0.05, 0) is 76.9 Å². The standard InChI is InChI=1S/C32H41FN4O3S/c1-32(2,3)40-31(38)36(5)13-14-41-24-9-7-21(8-10-24)27-16-29(25-15-26(33)30(39-6)17-28(25)34-27)37-19-22-11-12-35(4)18-23(22)20-37/h7-10,15-17,22-23H,11-14,18-20H2,1-6H3. The maximum absolute atomic E-state index is 14.9. The van der Waals surface area contributed by atoms with Gasteiger partial charge in [-0.25, -0.2) is 14.2 Å². The van der Waals surface area contributed by atoms with Gasteiger partial charge in [-0.15, -0.1) is 11.8 Å². The molecule has 2 aromatic carbocycles. The van der Waals surface area contributed by atoms with Crippen molar-refractivity contribution in [2.75, 3.05) is 64.6 Å². The maximum Gasteiger partial charge on any atom is 0.410 e. The Balaban J connectivity index is 1.35. The Hall–Kier alpha value is -3.04. The summed E-state index contributed by atoms with van der Waals surface area (Å²) < 4.78 is 25.6. The minimum Gasteiger partial charge on any atom is -0.494 e. The zero-order chi connectivity index (χ0) is 29.3. The molecule has 0 bridgehead atoms. The van der Waals surface area contributed by atoms with Crippen LogP contribution in [0.5, 0.6) is 5.75 Å².